The van der Waals surface area contributed by atoms with Gasteiger partial charge in [0.2, 0.25) is 0 Å². The molecular weight excluding hydrogens is 210 g/mol. The van der Waals surface area contributed by atoms with E-state index in [4.69, 9.17) is 10.5 Å². The van der Waals surface area contributed by atoms with Gasteiger partial charge in [-0.3, -0.25) is 0 Å². The van der Waals surface area contributed by atoms with Gasteiger partial charge in [-0.05, 0) is 37.5 Å². The van der Waals surface area contributed by atoms with E-state index in [9.17, 15) is 0 Å². The Bertz CT molecular complexity index is 314. The number of benzene rings is 1. The molecule has 0 saturated heterocycles. The Labute approximate surface area is 105 Å². The molecule has 0 aliphatic heterocycles. The maximum atomic E-state index is 6.27. The standard InChI is InChI=1S/C15H25NO/c1-5-12(6-2)15(16)13-7-9-14(10-8-13)17-11(3)4/h7-12,15H,5-6,16H2,1-4H3. The third-order valence-electron chi connectivity index (χ3n) is 3.19. The van der Waals surface area contributed by atoms with E-state index in [1.54, 1.807) is 0 Å². The summed E-state index contributed by atoms with van der Waals surface area (Å²) in [6.07, 6.45) is 2.47. The van der Waals surface area contributed by atoms with E-state index in [1.807, 2.05) is 26.0 Å². The molecule has 1 aromatic carbocycles. The van der Waals surface area contributed by atoms with Crippen molar-refractivity contribution in [2.75, 3.05) is 0 Å². The van der Waals surface area contributed by atoms with Gasteiger partial charge in [0.15, 0.2) is 0 Å². The first-order valence-corrected chi connectivity index (χ1v) is 6.60. The Kier molecular flexibility index (Phi) is 5.49. The van der Waals surface area contributed by atoms with Gasteiger partial charge in [-0.2, -0.15) is 0 Å². The minimum atomic E-state index is 0.137. The molecule has 2 nitrogen and oxygen atoms in total. The van der Waals surface area contributed by atoms with Crippen molar-refractivity contribution in [2.24, 2.45) is 11.7 Å². The maximum Gasteiger partial charge on any atom is 0.119 e. The van der Waals surface area contributed by atoms with Gasteiger partial charge in [0.05, 0.1) is 6.10 Å². The highest BCUT2D eigenvalue weighted by molar-refractivity contribution is 5.29. The molecule has 0 spiro atoms. The molecule has 1 aromatic rings. The van der Waals surface area contributed by atoms with Gasteiger partial charge in [-0.15, -0.1) is 0 Å². The third-order valence-corrected chi connectivity index (χ3v) is 3.19. The van der Waals surface area contributed by atoms with E-state index < -0.39 is 0 Å². The second-order valence-corrected chi connectivity index (χ2v) is 4.84. The van der Waals surface area contributed by atoms with Gasteiger partial charge in [0.1, 0.15) is 5.75 Å². The van der Waals surface area contributed by atoms with Crippen LogP contribution in [0.5, 0.6) is 5.75 Å². The first kappa shape index (κ1) is 14.0. The summed E-state index contributed by atoms with van der Waals surface area (Å²) in [6.45, 7) is 8.46. The average molecular weight is 235 g/mol. The van der Waals surface area contributed by atoms with Crippen molar-refractivity contribution >= 4 is 0 Å². The molecule has 1 atom stereocenters. The van der Waals surface area contributed by atoms with Crippen molar-refractivity contribution in [2.45, 2.75) is 52.7 Å². The number of hydrogen-bond acceptors (Lipinski definition) is 2. The minimum absolute atomic E-state index is 0.137. The van der Waals surface area contributed by atoms with Gasteiger partial charge in [0.25, 0.3) is 0 Å². The molecular formula is C15H25NO. The fraction of sp³-hybridized carbons (Fsp3) is 0.600. The van der Waals surface area contributed by atoms with E-state index >= 15 is 0 Å². The fourth-order valence-electron chi connectivity index (χ4n) is 2.11. The van der Waals surface area contributed by atoms with E-state index in [-0.39, 0.29) is 12.1 Å². The topological polar surface area (TPSA) is 35.2 Å². The molecule has 1 unspecified atom stereocenters. The minimum Gasteiger partial charge on any atom is -0.491 e. The van der Waals surface area contributed by atoms with Crippen molar-refractivity contribution in [1.29, 1.82) is 0 Å². The smallest absolute Gasteiger partial charge is 0.119 e. The maximum absolute atomic E-state index is 6.27. The van der Waals surface area contributed by atoms with Crippen molar-refractivity contribution in [1.82, 2.24) is 0 Å². The predicted octanol–water partition coefficient (Wildman–Crippen LogP) is 3.91. The number of hydrogen-bond donors (Lipinski definition) is 1. The van der Waals surface area contributed by atoms with E-state index in [1.165, 1.54) is 5.56 Å². The number of ether oxygens (including phenoxy) is 1. The molecule has 0 fully saturated rings. The lowest BCUT2D eigenvalue weighted by atomic mass is 9.90. The van der Waals surface area contributed by atoms with E-state index in [2.05, 4.69) is 26.0 Å². The molecule has 1 rings (SSSR count). The lowest BCUT2D eigenvalue weighted by Crippen LogP contribution is -2.20. The molecule has 0 aromatic heterocycles. The highest BCUT2D eigenvalue weighted by atomic mass is 16.5. The van der Waals surface area contributed by atoms with Crippen molar-refractivity contribution < 1.29 is 4.74 Å². The normalized spacial score (nSPS) is 13.1. The molecule has 2 heteroatoms. The lowest BCUT2D eigenvalue weighted by molar-refractivity contribution is 0.242. The second kappa shape index (κ2) is 6.65. The van der Waals surface area contributed by atoms with Crippen LogP contribution in [0.15, 0.2) is 24.3 Å². The molecule has 17 heavy (non-hydrogen) atoms. The lowest BCUT2D eigenvalue weighted by Gasteiger charge is -2.21. The van der Waals surface area contributed by atoms with E-state index in [0.717, 1.165) is 18.6 Å². The summed E-state index contributed by atoms with van der Waals surface area (Å²) in [6, 6.07) is 8.33. The van der Waals surface area contributed by atoms with E-state index in [0.29, 0.717) is 5.92 Å². The highest BCUT2D eigenvalue weighted by Gasteiger charge is 2.15. The molecule has 0 saturated carbocycles. The van der Waals surface area contributed by atoms with Gasteiger partial charge in [-0.25, -0.2) is 0 Å². The largest absolute Gasteiger partial charge is 0.491 e. The van der Waals surface area contributed by atoms with Crippen LogP contribution in [0.25, 0.3) is 0 Å². The zero-order valence-electron chi connectivity index (χ0n) is 11.4. The number of rotatable bonds is 6. The van der Waals surface area contributed by atoms with Crippen LogP contribution < -0.4 is 10.5 Å². The van der Waals surface area contributed by atoms with Crippen LogP contribution in [0.1, 0.15) is 52.1 Å². The van der Waals surface area contributed by atoms with Gasteiger partial charge < -0.3 is 10.5 Å². The highest BCUT2D eigenvalue weighted by Crippen LogP contribution is 2.26. The Balaban J connectivity index is 2.72. The Hall–Kier alpha value is -1.02. The van der Waals surface area contributed by atoms with Gasteiger partial charge >= 0.3 is 0 Å². The fourth-order valence-corrected chi connectivity index (χ4v) is 2.11. The van der Waals surface area contributed by atoms with Crippen molar-refractivity contribution in [3.8, 4) is 5.75 Å². The monoisotopic (exact) mass is 235 g/mol. The summed E-state index contributed by atoms with van der Waals surface area (Å²) in [5.41, 5.74) is 7.47. The Morgan fingerprint density at radius 3 is 2.00 bits per heavy atom. The molecule has 2 N–H and O–H groups in total. The quantitative estimate of drug-likeness (QED) is 0.811. The Morgan fingerprint density at radius 1 is 1.06 bits per heavy atom. The van der Waals surface area contributed by atoms with Crippen LogP contribution in [0.4, 0.5) is 0 Å². The summed E-state index contributed by atoms with van der Waals surface area (Å²) in [7, 11) is 0. The van der Waals surface area contributed by atoms with Crippen LogP contribution in [0.3, 0.4) is 0 Å². The summed E-state index contributed by atoms with van der Waals surface area (Å²) < 4.78 is 5.62. The van der Waals surface area contributed by atoms with Crippen LogP contribution >= 0.6 is 0 Å². The molecule has 0 aliphatic carbocycles. The third kappa shape index (κ3) is 4.04. The first-order chi connectivity index (χ1) is 8.08. The average Bonchev–Trinajstić information content (AvgIpc) is 2.30. The molecule has 0 radical (unpaired) electrons. The van der Waals surface area contributed by atoms with Gasteiger partial charge in [0, 0.05) is 6.04 Å². The van der Waals surface area contributed by atoms with Crippen LogP contribution in [-0.4, -0.2) is 6.10 Å². The SMILES string of the molecule is CCC(CC)C(N)c1ccc(OC(C)C)cc1. The zero-order valence-corrected chi connectivity index (χ0v) is 11.4. The number of nitrogens with two attached hydrogens (primary N) is 1. The van der Waals surface area contributed by atoms with Crippen molar-refractivity contribution in [3.63, 3.8) is 0 Å². The second-order valence-electron chi connectivity index (χ2n) is 4.84. The van der Waals surface area contributed by atoms with Crippen molar-refractivity contribution in [3.05, 3.63) is 29.8 Å². The molecule has 96 valence electrons. The summed E-state index contributed by atoms with van der Waals surface area (Å²) in [5.74, 6) is 1.48. The Morgan fingerprint density at radius 2 is 1.59 bits per heavy atom. The molecule has 0 aliphatic rings. The molecule has 0 bridgehead atoms. The van der Waals surface area contributed by atoms with Gasteiger partial charge in [-0.1, -0.05) is 38.8 Å². The zero-order chi connectivity index (χ0) is 12.8. The van der Waals surface area contributed by atoms with Crippen LogP contribution in [0.2, 0.25) is 0 Å². The summed E-state index contributed by atoms with van der Waals surface area (Å²) in [4.78, 5) is 0. The first-order valence-electron chi connectivity index (χ1n) is 6.60. The molecule has 0 heterocycles. The van der Waals surface area contributed by atoms with Crippen LogP contribution in [-0.2, 0) is 0 Å². The molecule has 0 amide bonds. The summed E-state index contributed by atoms with van der Waals surface area (Å²) >= 11 is 0. The van der Waals surface area contributed by atoms with Crippen LogP contribution in [0, 0.1) is 5.92 Å². The predicted molar refractivity (Wildman–Crippen MR) is 73.2 cm³/mol. The summed E-state index contributed by atoms with van der Waals surface area (Å²) in [5, 5.41) is 0.